The number of hydrogen-bond acceptors (Lipinski definition) is 4. The second-order valence-corrected chi connectivity index (χ2v) is 10.9. The van der Waals surface area contributed by atoms with Crippen molar-refractivity contribution in [2.75, 3.05) is 44.3 Å². The van der Waals surface area contributed by atoms with E-state index < -0.39 is 11.7 Å². The summed E-state index contributed by atoms with van der Waals surface area (Å²) in [5.74, 6) is 0.983. The van der Waals surface area contributed by atoms with Crippen LogP contribution in [0, 0.1) is 17.3 Å². The Morgan fingerprint density at radius 2 is 1.94 bits per heavy atom. The Hall–Kier alpha value is -1.80. The third kappa shape index (κ3) is 5.63. The zero-order valence-corrected chi connectivity index (χ0v) is 21.2. The highest BCUT2D eigenvalue weighted by Crippen LogP contribution is 2.46. The molecule has 5 nitrogen and oxygen atoms in total. The van der Waals surface area contributed by atoms with Crippen LogP contribution in [0.2, 0.25) is 0 Å². The molecular weight excluding hydrogens is 455 g/mol. The van der Waals surface area contributed by atoms with Gasteiger partial charge in [0, 0.05) is 50.6 Å². The van der Waals surface area contributed by atoms with Crippen molar-refractivity contribution in [2.45, 2.75) is 71.1 Å². The van der Waals surface area contributed by atoms with Gasteiger partial charge in [-0.05, 0) is 62.1 Å². The first-order valence-corrected chi connectivity index (χ1v) is 13.2. The topological polar surface area (TPSA) is 44.8 Å². The maximum Gasteiger partial charge on any atom is 0.416 e. The Morgan fingerprint density at radius 3 is 2.60 bits per heavy atom. The van der Waals surface area contributed by atoms with Crippen molar-refractivity contribution in [2.24, 2.45) is 17.3 Å². The van der Waals surface area contributed by atoms with E-state index in [1.807, 2.05) is 9.80 Å². The van der Waals surface area contributed by atoms with Gasteiger partial charge in [-0.25, -0.2) is 0 Å². The summed E-state index contributed by atoms with van der Waals surface area (Å²) in [4.78, 5) is 17.8. The maximum absolute atomic E-state index is 13.9. The number of hydrogen-bond donors (Lipinski definition) is 1. The quantitative estimate of drug-likeness (QED) is 0.606. The molecule has 4 atom stereocenters. The second-order valence-electron chi connectivity index (χ2n) is 10.9. The summed E-state index contributed by atoms with van der Waals surface area (Å²) >= 11 is 0. The average molecular weight is 496 g/mol. The lowest BCUT2D eigenvalue weighted by Crippen LogP contribution is -2.54. The highest BCUT2D eigenvalue weighted by Gasteiger charge is 2.50. The third-order valence-corrected chi connectivity index (χ3v) is 8.63. The van der Waals surface area contributed by atoms with Gasteiger partial charge in [0.05, 0.1) is 17.6 Å². The number of nitrogens with one attached hydrogen (secondary N) is 1. The number of anilines is 1. The lowest BCUT2D eigenvalue weighted by atomic mass is 9.74. The van der Waals surface area contributed by atoms with Gasteiger partial charge in [0.2, 0.25) is 5.91 Å². The lowest BCUT2D eigenvalue weighted by Gasteiger charge is -2.42. The van der Waals surface area contributed by atoms with Crippen molar-refractivity contribution < 1.29 is 22.7 Å². The van der Waals surface area contributed by atoms with E-state index in [0.29, 0.717) is 49.9 Å². The fourth-order valence-electron chi connectivity index (χ4n) is 6.27. The van der Waals surface area contributed by atoms with Crippen molar-refractivity contribution in [3.63, 3.8) is 0 Å². The predicted octanol–water partition coefficient (Wildman–Crippen LogP) is 4.95. The van der Waals surface area contributed by atoms with Crippen LogP contribution in [-0.2, 0) is 15.7 Å². The number of halogens is 3. The van der Waals surface area contributed by atoms with Gasteiger partial charge in [-0.1, -0.05) is 26.8 Å². The fraction of sp³-hybridized carbons (Fsp3) is 0.741. The molecule has 1 amide bonds. The Morgan fingerprint density at radius 1 is 1.20 bits per heavy atom. The van der Waals surface area contributed by atoms with Crippen molar-refractivity contribution in [1.29, 1.82) is 0 Å². The van der Waals surface area contributed by atoms with Gasteiger partial charge in [0.25, 0.3) is 0 Å². The monoisotopic (exact) mass is 495 g/mol. The minimum Gasteiger partial charge on any atom is -0.381 e. The van der Waals surface area contributed by atoms with E-state index in [4.69, 9.17) is 4.74 Å². The molecule has 1 aromatic rings. The first kappa shape index (κ1) is 26.3. The zero-order valence-electron chi connectivity index (χ0n) is 21.2. The smallest absolute Gasteiger partial charge is 0.381 e. The number of rotatable bonds is 6. The van der Waals surface area contributed by atoms with E-state index in [9.17, 15) is 18.0 Å². The van der Waals surface area contributed by atoms with Gasteiger partial charge >= 0.3 is 6.18 Å². The molecule has 2 aliphatic heterocycles. The number of nitrogens with zero attached hydrogens (tertiary/aromatic N) is 2. The minimum atomic E-state index is -4.35. The second kappa shape index (κ2) is 10.7. The van der Waals surface area contributed by atoms with Crippen LogP contribution in [0.5, 0.6) is 0 Å². The van der Waals surface area contributed by atoms with E-state index in [1.54, 1.807) is 6.07 Å². The largest absolute Gasteiger partial charge is 0.416 e. The van der Waals surface area contributed by atoms with Crippen LogP contribution in [0.3, 0.4) is 0 Å². The Kier molecular flexibility index (Phi) is 8.01. The fourth-order valence-corrected chi connectivity index (χ4v) is 6.27. The highest BCUT2D eigenvalue weighted by atomic mass is 19.4. The molecule has 3 aliphatic rings. The summed E-state index contributed by atoms with van der Waals surface area (Å²) in [7, 11) is 0. The molecule has 1 aliphatic carbocycles. The van der Waals surface area contributed by atoms with Crippen LogP contribution in [0.4, 0.5) is 18.9 Å². The third-order valence-electron chi connectivity index (χ3n) is 8.63. The summed E-state index contributed by atoms with van der Waals surface area (Å²) in [6.45, 7) is 10.3. The molecule has 0 aromatic heterocycles. The van der Waals surface area contributed by atoms with E-state index in [2.05, 4.69) is 26.1 Å². The molecule has 2 saturated heterocycles. The molecule has 1 aromatic carbocycles. The Balaban J connectivity index is 1.38. The molecule has 1 saturated carbocycles. The van der Waals surface area contributed by atoms with Crippen LogP contribution >= 0.6 is 0 Å². The molecule has 8 heteroatoms. The summed E-state index contributed by atoms with van der Waals surface area (Å²) in [5, 5.41) is 3.88. The van der Waals surface area contributed by atoms with Crippen molar-refractivity contribution in [1.82, 2.24) is 10.2 Å². The number of ether oxygens (including phenoxy) is 1. The van der Waals surface area contributed by atoms with Crippen LogP contribution < -0.4 is 10.2 Å². The van der Waals surface area contributed by atoms with E-state index in [1.165, 1.54) is 12.1 Å². The highest BCUT2D eigenvalue weighted by molar-refractivity contribution is 5.84. The van der Waals surface area contributed by atoms with Crippen LogP contribution in [0.1, 0.15) is 58.4 Å². The number of piperazine rings is 1. The average Bonchev–Trinajstić information content (AvgIpc) is 3.29. The van der Waals surface area contributed by atoms with Crippen molar-refractivity contribution in [3.8, 4) is 0 Å². The lowest BCUT2D eigenvalue weighted by molar-refractivity contribution is -0.145. The Labute approximate surface area is 207 Å². The molecule has 35 heavy (non-hydrogen) atoms. The molecule has 4 rings (SSSR count). The van der Waals surface area contributed by atoms with Gasteiger partial charge in [-0.3, -0.25) is 4.79 Å². The number of alkyl halides is 3. The molecule has 0 radical (unpaired) electrons. The summed E-state index contributed by atoms with van der Waals surface area (Å²) < 4.78 is 45.1. The van der Waals surface area contributed by atoms with Gasteiger partial charge < -0.3 is 19.9 Å². The summed E-state index contributed by atoms with van der Waals surface area (Å²) in [6, 6.07) is 6.27. The standard InChI is InChI=1S/C27H40F3N3O2/c1-4-20-18-35-15-9-24(20)31-22-8-10-26(17-22,19(2)3)25(34)33-13-11-32(12-14-33)23-7-5-6-21(16-23)27(28,29)30/h5-7,16,19-20,22,24,31H,4,8-15,17-18H2,1-3H3/t20?,22-,24?,26?/m1/s1. The van der Waals surface area contributed by atoms with Crippen molar-refractivity contribution in [3.05, 3.63) is 29.8 Å². The van der Waals surface area contributed by atoms with Crippen LogP contribution in [0.25, 0.3) is 0 Å². The van der Waals surface area contributed by atoms with E-state index in [0.717, 1.165) is 51.4 Å². The van der Waals surface area contributed by atoms with Gasteiger partial charge in [-0.2, -0.15) is 13.2 Å². The molecule has 3 fully saturated rings. The van der Waals surface area contributed by atoms with E-state index >= 15 is 0 Å². The molecular formula is C27H40F3N3O2. The number of amides is 1. The molecule has 0 bridgehead atoms. The molecule has 196 valence electrons. The molecule has 2 heterocycles. The summed E-state index contributed by atoms with van der Waals surface area (Å²) in [6.07, 6.45) is 0.498. The maximum atomic E-state index is 13.9. The summed E-state index contributed by atoms with van der Waals surface area (Å²) in [5.41, 5.74) is -0.438. The van der Waals surface area contributed by atoms with Gasteiger partial charge in [0.1, 0.15) is 0 Å². The molecule has 3 unspecified atom stereocenters. The van der Waals surface area contributed by atoms with E-state index in [-0.39, 0.29) is 17.2 Å². The minimum absolute atomic E-state index is 0.222. The normalized spacial score (nSPS) is 30.2. The van der Waals surface area contributed by atoms with Gasteiger partial charge in [0.15, 0.2) is 0 Å². The Bertz CT molecular complexity index is 869. The SMILES string of the molecule is CCC1COCCC1N[C@@H]1CCC(C(=O)N2CCN(c3cccc(C(F)(F)F)c3)CC2)(C(C)C)C1. The van der Waals surface area contributed by atoms with Gasteiger partial charge in [-0.15, -0.1) is 0 Å². The molecule has 0 spiro atoms. The van der Waals surface area contributed by atoms with Crippen LogP contribution in [0.15, 0.2) is 24.3 Å². The first-order valence-electron chi connectivity index (χ1n) is 13.2. The van der Waals surface area contributed by atoms with Crippen LogP contribution in [-0.4, -0.2) is 62.3 Å². The zero-order chi connectivity index (χ0) is 25.2. The number of carbonyl (C=O) groups excluding carboxylic acids is 1. The molecule has 1 N–H and O–H groups in total. The number of carbonyl (C=O) groups is 1. The van der Waals surface area contributed by atoms with Crippen molar-refractivity contribution >= 4 is 11.6 Å². The first-order chi connectivity index (χ1) is 16.6. The number of benzene rings is 1. The predicted molar refractivity (Wildman–Crippen MR) is 131 cm³/mol.